The molecule has 3 nitrogen and oxygen atoms in total. The number of rotatable bonds is 5. The molecule has 78 valence electrons. The molecule has 0 amide bonds. The van der Waals surface area contributed by atoms with Gasteiger partial charge >= 0.3 is 0 Å². The summed E-state index contributed by atoms with van der Waals surface area (Å²) in [6, 6.07) is 0.582. The summed E-state index contributed by atoms with van der Waals surface area (Å²) in [7, 11) is 2.15. The van der Waals surface area contributed by atoms with Crippen molar-refractivity contribution in [3.05, 3.63) is 0 Å². The van der Waals surface area contributed by atoms with E-state index in [4.69, 9.17) is 9.84 Å². The van der Waals surface area contributed by atoms with Gasteiger partial charge in [0.15, 0.2) is 0 Å². The third-order valence-electron chi connectivity index (χ3n) is 2.82. The number of hydrogen-bond donors (Lipinski definition) is 1. The molecule has 0 aromatic rings. The summed E-state index contributed by atoms with van der Waals surface area (Å²) < 4.78 is 5.50. The lowest BCUT2D eigenvalue weighted by molar-refractivity contribution is 0.0827. The van der Waals surface area contributed by atoms with Crippen LogP contribution in [0, 0.1) is 0 Å². The number of unbranched alkanes of at least 4 members (excludes halogenated alkanes) is 1. The van der Waals surface area contributed by atoms with Crippen LogP contribution in [0.1, 0.15) is 26.2 Å². The lowest BCUT2D eigenvalue weighted by atomic mass is 10.1. The first-order valence-electron chi connectivity index (χ1n) is 5.18. The zero-order valence-electron chi connectivity index (χ0n) is 8.70. The zero-order chi connectivity index (χ0) is 9.68. The Morgan fingerprint density at radius 3 is 2.77 bits per heavy atom. The Morgan fingerprint density at radius 1 is 1.46 bits per heavy atom. The summed E-state index contributed by atoms with van der Waals surface area (Å²) >= 11 is 0. The van der Waals surface area contributed by atoms with Crippen molar-refractivity contribution < 1.29 is 9.84 Å². The minimum absolute atomic E-state index is 0.310. The van der Waals surface area contributed by atoms with Crippen LogP contribution in [0.2, 0.25) is 0 Å². The highest BCUT2D eigenvalue weighted by molar-refractivity contribution is 4.80. The maximum absolute atomic E-state index is 8.65. The SMILES string of the molecule is CC1OCCC1N(C)CCCCO. The van der Waals surface area contributed by atoms with E-state index in [1.807, 2.05) is 0 Å². The average molecular weight is 187 g/mol. The maximum atomic E-state index is 8.65. The first-order chi connectivity index (χ1) is 6.25. The predicted octanol–water partition coefficient (Wildman–Crippen LogP) is 0.868. The van der Waals surface area contributed by atoms with Crippen molar-refractivity contribution in [2.75, 3.05) is 26.8 Å². The van der Waals surface area contributed by atoms with Gasteiger partial charge in [0, 0.05) is 19.3 Å². The van der Waals surface area contributed by atoms with Crippen LogP contribution >= 0.6 is 0 Å². The Morgan fingerprint density at radius 2 is 2.23 bits per heavy atom. The molecule has 1 rings (SSSR count). The van der Waals surface area contributed by atoms with Gasteiger partial charge in [0.2, 0.25) is 0 Å². The van der Waals surface area contributed by atoms with E-state index in [1.165, 1.54) is 0 Å². The second kappa shape index (κ2) is 5.58. The molecule has 1 aliphatic rings. The molecule has 0 aromatic heterocycles. The van der Waals surface area contributed by atoms with Crippen LogP contribution in [0.5, 0.6) is 0 Å². The van der Waals surface area contributed by atoms with Crippen LogP contribution in [0.4, 0.5) is 0 Å². The molecule has 1 saturated heterocycles. The fourth-order valence-corrected chi connectivity index (χ4v) is 1.94. The molecule has 1 fully saturated rings. The summed E-state index contributed by atoms with van der Waals surface area (Å²) in [6.45, 7) is 4.42. The zero-order valence-corrected chi connectivity index (χ0v) is 8.70. The van der Waals surface area contributed by atoms with Gasteiger partial charge in [-0.15, -0.1) is 0 Å². The Kier molecular flexibility index (Phi) is 4.70. The van der Waals surface area contributed by atoms with Gasteiger partial charge in [-0.2, -0.15) is 0 Å². The molecule has 0 aliphatic carbocycles. The average Bonchev–Trinajstić information content (AvgIpc) is 2.52. The Bertz CT molecular complexity index is 141. The van der Waals surface area contributed by atoms with Crippen LogP contribution in [0.15, 0.2) is 0 Å². The monoisotopic (exact) mass is 187 g/mol. The van der Waals surface area contributed by atoms with Crippen LogP contribution in [0.25, 0.3) is 0 Å². The van der Waals surface area contributed by atoms with E-state index in [9.17, 15) is 0 Å². The number of aliphatic hydroxyl groups is 1. The highest BCUT2D eigenvalue weighted by Crippen LogP contribution is 2.18. The van der Waals surface area contributed by atoms with Gasteiger partial charge in [0.05, 0.1) is 6.10 Å². The topological polar surface area (TPSA) is 32.7 Å². The van der Waals surface area contributed by atoms with Gasteiger partial charge in [-0.3, -0.25) is 0 Å². The van der Waals surface area contributed by atoms with E-state index >= 15 is 0 Å². The molecule has 1 N–H and O–H groups in total. The third kappa shape index (κ3) is 3.25. The Labute approximate surface area is 80.7 Å². The molecule has 0 spiro atoms. The van der Waals surface area contributed by atoms with Crippen molar-refractivity contribution in [3.8, 4) is 0 Å². The van der Waals surface area contributed by atoms with E-state index < -0.39 is 0 Å². The van der Waals surface area contributed by atoms with Gasteiger partial charge in [-0.05, 0) is 39.8 Å². The van der Waals surface area contributed by atoms with Gasteiger partial charge in [0.1, 0.15) is 0 Å². The molecular weight excluding hydrogens is 166 g/mol. The van der Waals surface area contributed by atoms with E-state index in [0.717, 1.165) is 32.4 Å². The van der Waals surface area contributed by atoms with Crippen molar-refractivity contribution in [1.82, 2.24) is 4.90 Å². The smallest absolute Gasteiger partial charge is 0.0702 e. The fourth-order valence-electron chi connectivity index (χ4n) is 1.94. The normalized spacial score (nSPS) is 28.6. The number of hydrogen-bond acceptors (Lipinski definition) is 3. The largest absolute Gasteiger partial charge is 0.396 e. The van der Waals surface area contributed by atoms with E-state index in [0.29, 0.717) is 18.8 Å². The summed E-state index contributed by atoms with van der Waals surface area (Å²) in [5.41, 5.74) is 0. The van der Waals surface area contributed by atoms with Crippen molar-refractivity contribution in [2.45, 2.75) is 38.3 Å². The third-order valence-corrected chi connectivity index (χ3v) is 2.82. The molecule has 2 atom stereocenters. The highest BCUT2D eigenvalue weighted by Gasteiger charge is 2.27. The molecule has 1 heterocycles. The molecule has 2 unspecified atom stereocenters. The lowest BCUT2D eigenvalue weighted by Crippen LogP contribution is -2.37. The molecule has 0 radical (unpaired) electrons. The van der Waals surface area contributed by atoms with Crippen LogP contribution in [-0.4, -0.2) is 49.0 Å². The van der Waals surface area contributed by atoms with Crippen molar-refractivity contribution in [2.24, 2.45) is 0 Å². The predicted molar refractivity (Wildman–Crippen MR) is 52.8 cm³/mol. The van der Waals surface area contributed by atoms with E-state index in [-0.39, 0.29) is 0 Å². The molecule has 13 heavy (non-hydrogen) atoms. The number of likely N-dealkylation sites (N-methyl/N-ethyl adjacent to an activating group) is 1. The van der Waals surface area contributed by atoms with Gasteiger partial charge < -0.3 is 14.7 Å². The van der Waals surface area contributed by atoms with Gasteiger partial charge in [-0.1, -0.05) is 0 Å². The lowest BCUT2D eigenvalue weighted by Gasteiger charge is -2.26. The van der Waals surface area contributed by atoms with E-state index in [1.54, 1.807) is 0 Å². The van der Waals surface area contributed by atoms with Gasteiger partial charge in [0.25, 0.3) is 0 Å². The second-order valence-corrected chi connectivity index (χ2v) is 3.84. The standard InChI is InChI=1S/C10H21NO2/c1-9-10(5-8-13-9)11(2)6-3-4-7-12/h9-10,12H,3-8H2,1-2H3. The first-order valence-corrected chi connectivity index (χ1v) is 5.18. The van der Waals surface area contributed by atoms with Crippen molar-refractivity contribution >= 4 is 0 Å². The summed E-state index contributed by atoms with van der Waals surface area (Å²) in [6.07, 6.45) is 3.51. The number of ether oxygens (including phenoxy) is 1. The molecule has 1 aliphatic heterocycles. The quantitative estimate of drug-likeness (QED) is 0.648. The highest BCUT2D eigenvalue weighted by atomic mass is 16.5. The van der Waals surface area contributed by atoms with E-state index in [2.05, 4.69) is 18.9 Å². The van der Waals surface area contributed by atoms with Crippen molar-refractivity contribution in [1.29, 1.82) is 0 Å². The van der Waals surface area contributed by atoms with Crippen LogP contribution in [-0.2, 0) is 4.74 Å². The molecule has 0 bridgehead atoms. The second-order valence-electron chi connectivity index (χ2n) is 3.84. The minimum atomic E-state index is 0.310. The maximum Gasteiger partial charge on any atom is 0.0702 e. The number of nitrogens with zero attached hydrogens (tertiary/aromatic N) is 1. The molecule has 0 saturated carbocycles. The van der Waals surface area contributed by atoms with Crippen LogP contribution in [0.3, 0.4) is 0 Å². The fraction of sp³-hybridized carbons (Fsp3) is 1.00. The summed E-state index contributed by atoms with van der Waals surface area (Å²) in [5.74, 6) is 0. The number of aliphatic hydroxyl groups excluding tert-OH is 1. The summed E-state index contributed by atoms with van der Waals surface area (Å²) in [5, 5.41) is 8.65. The van der Waals surface area contributed by atoms with Crippen molar-refractivity contribution in [3.63, 3.8) is 0 Å². The van der Waals surface area contributed by atoms with Crippen LogP contribution < -0.4 is 0 Å². The summed E-state index contributed by atoms with van der Waals surface area (Å²) in [4.78, 5) is 2.35. The molecular formula is C10H21NO2. The Balaban J connectivity index is 2.18. The molecule has 3 heteroatoms. The van der Waals surface area contributed by atoms with Gasteiger partial charge in [-0.25, -0.2) is 0 Å². The molecule has 0 aromatic carbocycles. The Hall–Kier alpha value is -0.120. The minimum Gasteiger partial charge on any atom is -0.396 e. The first kappa shape index (κ1) is 11.0.